The van der Waals surface area contributed by atoms with Gasteiger partial charge in [0.25, 0.3) is 0 Å². The summed E-state index contributed by atoms with van der Waals surface area (Å²) in [6.07, 6.45) is 0. The van der Waals surface area contributed by atoms with E-state index < -0.39 is 0 Å². The second-order valence-corrected chi connectivity index (χ2v) is 3.48. The van der Waals surface area contributed by atoms with Gasteiger partial charge < -0.3 is 29.4 Å². The van der Waals surface area contributed by atoms with Crippen LogP contribution in [-0.4, -0.2) is 72.7 Å². The summed E-state index contributed by atoms with van der Waals surface area (Å²) in [5.41, 5.74) is 13.2. The smallest absolute Gasteiger partial charge is 0.0941 e. The van der Waals surface area contributed by atoms with Gasteiger partial charge in [-0.25, -0.2) is 0 Å². The molecule has 0 aliphatic rings. The van der Waals surface area contributed by atoms with E-state index >= 15 is 0 Å². The topological polar surface area (TPSA) is 121 Å². The lowest BCUT2D eigenvalue weighted by Gasteiger charge is -2.07. The molecule has 0 saturated heterocycles. The monoisotopic (exact) mass is 292 g/mol. The Bertz CT molecular complexity index is 239. The summed E-state index contributed by atoms with van der Waals surface area (Å²) in [7, 11) is 0. The quantitative estimate of drug-likeness (QED) is 0.143. The van der Waals surface area contributed by atoms with Crippen molar-refractivity contribution < 1.29 is 23.7 Å². The van der Waals surface area contributed by atoms with Crippen LogP contribution in [0.5, 0.6) is 0 Å². The predicted octanol–water partition coefficient (Wildman–Crippen LogP) is 0.296. The first kappa shape index (κ1) is 19.1. The average Bonchev–Trinajstić information content (AvgIpc) is 2.47. The molecule has 20 heavy (non-hydrogen) atoms. The van der Waals surface area contributed by atoms with Gasteiger partial charge in [-0.15, -0.1) is 0 Å². The molecule has 0 aliphatic heterocycles. The molecular weight excluding hydrogens is 268 g/mol. The molecule has 0 rings (SSSR count). The van der Waals surface area contributed by atoms with Gasteiger partial charge in [-0.2, -0.15) is 0 Å². The van der Waals surface area contributed by atoms with E-state index in [9.17, 15) is 0 Å². The van der Waals surface area contributed by atoms with Crippen molar-refractivity contribution in [1.29, 1.82) is 0 Å². The number of nitrogens with two attached hydrogens (primary N) is 1. The fourth-order valence-corrected chi connectivity index (χ4v) is 1.11. The van der Waals surface area contributed by atoms with Crippen molar-refractivity contribution in [2.75, 3.05) is 72.7 Å². The Labute approximate surface area is 118 Å². The summed E-state index contributed by atoms with van der Waals surface area (Å²) >= 11 is 0. The number of rotatable bonds is 16. The molecule has 0 aromatic rings. The number of hydrogen-bond donors (Lipinski definition) is 1. The summed E-state index contributed by atoms with van der Waals surface area (Å²) in [6.45, 7) is 5.03. The highest BCUT2D eigenvalue weighted by atomic mass is 16.6. The highest BCUT2D eigenvalue weighted by Gasteiger charge is 1.92. The lowest BCUT2D eigenvalue weighted by molar-refractivity contribution is -0.0101. The van der Waals surface area contributed by atoms with E-state index in [2.05, 4.69) is 10.0 Å². The van der Waals surface area contributed by atoms with Gasteiger partial charge in [-0.3, -0.25) is 0 Å². The molecule has 9 nitrogen and oxygen atoms in total. The normalized spacial score (nSPS) is 10.4. The second-order valence-electron chi connectivity index (χ2n) is 3.48. The Morgan fingerprint density at radius 1 is 0.700 bits per heavy atom. The summed E-state index contributed by atoms with van der Waals surface area (Å²) in [4.78, 5) is 2.61. The standard InChI is InChI=1S/C11H24N4O5/c12-11-20-10-9-19-8-7-18-6-5-17-4-3-16-2-1-14-15-13/h1-12H2. The van der Waals surface area contributed by atoms with Crippen LogP contribution in [-0.2, 0) is 23.7 Å². The third kappa shape index (κ3) is 17.1. The minimum Gasteiger partial charge on any atom is -0.379 e. The number of hydrogen-bond acceptors (Lipinski definition) is 7. The molecule has 0 aromatic carbocycles. The molecule has 0 amide bonds. The van der Waals surface area contributed by atoms with Crippen molar-refractivity contribution in [2.24, 2.45) is 10.8 Å². The van der Waals surface area contributed by atoms with E-state index in [4.69, 9.17) is 34.9 Å². The Morgan fingerprint density at radius 2 is 1.10 bits per heavy atom. The van der Waals surface area contributed by atoms with Crippen LogP contribution in [0.2, 0.25) is 0 Å². The van der Waals surface area contributed by atoms with Crippen LogP contribution in [0.1, 0.15) is 0 Å². The lowest BCUT2D eigenvalue weighted by Crippen LogP contribution is -2.14. The molecule has 0 unspecified atom stereocenters. The number of ether oxygens (including phenoxy) is 5. The Balaban J connectivity index is 2.94. The van der Waals surface area contributed by atoms with E-state index in [0.29, 0.717) is 66.0 Å². The fraction of sp³-hybridized carbons (Fsp3) is 1.00. The van der Waals surface area contributed by atoms with E-state index in [1.807, 2.05) is 0 Å². The van der Waals surface area contributed by atoms with Gasteiger partial charge in [-0.05, 0) is 5.53 Å². The highest BCUT2D eigenvalue weighted by Crippen LogP contribution is 1.83. The maximum absolute atomic E-state index is 8.03. The molecule has 0 spiro atoms. The van der Waals surface area contributed by atoms with Crippen LogP contribution in [0.3, 0.4) is 0 Å². The molecule has 0 aromatic heterocycles. The molecule has 0 radical (unpaired) electrons. The SMILES string of the molecule is [N-]=[N+]=NCCOCCOCCOCCOCCOCN. The molecule has 0 atom stereocenters. The fourth-order valence-electron chi connectivity index (χ4n) is 1.11. The highest BCUT2D eigenvalue weighted by molar-refractivity contribution is 4.44. The second kappa shape index (κ2) is 18.1. The van der Waals surface area contributed by atoms with Gasteiger partial charge in [0.1, 0.15) is 0 Å². The molecule has 118 valence electrons. The molecule has 2 N–H and O–H groups in total. The van der Waals surface area contributed by atoms with E-state index in [0.717, 1.165) is 0 Å². The van der Waals surface area contributed by atoms with Crippen LogP contribution >= 0.6 is 0 Å². The van der Waals surface area contributed by atoms with Crippen molar-refractivity contribution in [3.63, 3.8) is 0 Å². The van der Waals surface area contributed by atoms with Crippen LogP contribution in [0.15, 0.2) is 5.11 Å². The first-order chi connectivity index (χ1) is 9.91. The van der Waals surface area contributed by atoms with Crippen molar-refractivity contribution in [1.82, 2.24) is 0 Å². The van der Waals surface area contributed by atoms with Gasteiger partial charge in [0.15, 0.2) is 0 Å². The lowest BCUT2D eigenvalue weighted by atomic mass is 10.7. The third-order valence-corrected chi connectivity index (χ3v) is 2.00. The predicted molar refractivity (Wildman–Crippen MR) is 72.3 cm³/mol. The van der Waals surface area contributed by atoms with Crippen molar-refractivity contribution in [3.8, 4) is 0 Å². The van der Waals surface area contributed by atoms with Crippen molar-refractivity contribution in [3.05, 3.63) is 10.4 Å². The molecular formula is C11H24N4O5. The van der Waals surface area contributed by atoms with Crippen LogP contribution < -0.4 is 5.73 Å². The average molecular weight is 292 g/mol. The summed E-state index contributed by atoms with van der Waals surface area (Å²) in [6, 6.07) is 0. The zero-order chi connectivity index (χ0) is 14.7. The van der Waals surface area contributed by atoms with Crippen LogP contribution in [0, 0.1) is 0 Å². The first-order valence-corrected chi connectivity index (χ1v) is 6.51. The Hall–Kier alpha value is -0.930. The maximum Gasteiger partial charge on any atom is 0.0941 e. The van der Waals surface area contributed by atoms with Crippen LogP contribution in [0.25, 0.3) is 10.4 Å². The van der Waals surface area contributed by atoms with Crippen molar-refractivity contribution in [2.45, 2.75) is 0 Å². The number of nitrogens with zero attached hydrogens (tertiary/aromatic N) is 3. The Kier molecular flexibility index (Phi) is 17.2. The summed E-state index contributed by atoms with van der Waals surface area (Å²) < 4.78 is 25.8. The molecule has 0 fully saturated rings. The van der Waals surface area contributed by atoms with E-state index in [1.54, 1.807) is 0 Å². The third-order valence-electron chi connectivity index (χ3n) is 2.00. The molecule has 0 bridgehead atoms. The van der Waals surface area contributed by atoms with Gasteiger partial charge in [0.2, 0.25) is 0 Å². The molecule has 0 aliphatic carbocycles. The zero-order valence-electron chi connectivity index (χ0n) is 11.7. The van der Waals surface area contributed by atoms with E-state index in [1.165, 1.54) is 0 Å². The maximum atomic E-state index is 8.03. The molecule has 0 saturated carbocycles. The zero-order valence-corrected chi connectivity index (χ0v) is 11.7. The number of azide groups is 1. The Morgan fingerprint density at radius 3 is 1.50 bits per heavy atom. The summed E-state index contributed by atoms with van der Waals surface area (Å²) in [5, 5.41) is 3.34. The van der Waals surface area contributed by atoms with Crippen LogP contribution in [0.4, 0.5) is 0 Å². The minimum absolute atomic E-state index is 0.215. The van der Waals surface area contributed by atoms with E-state index in [-0.39, 0.29) is 6.73 Å². The first-order valence-electron chi connectivity index (χ1n) is 6.51. The summed E-state index contributed by atoms with van der Waals surface area (Å²) in [5.74, 6) is 0. The van der Waals surface area contributed by atoms with Gasteiger partial charge in [-0.1, -0.05) is 5.11 Å². The molecule has 0 heterocycles. The van der Waals surface area contributed by atoms with Crippen molar-refractivity contribution >= 4 is 0 Å². The van der Waals surface area contributed by atoms with Gasteiger partial charge >= 0.3 is 0 Å². The van der Waals surface area contributed by atoms with Gasteiger partial charge in [0.05, 0.1) is 66.2 Å². The largest absolute Gasteiger partial charge is 0.379 e. The minimum atomic E-state index is 0.215. The molecule has 9 heteroatoms. The van der Waals surface area contributed by atoms with Gasteiger partial charge in [0, 0.05) is 11.5 Å².